The van der Waals surface area contributed by atoms with Gasteiger partial charge in [0.15, 0.2) is 10.1 Å². The lowest BCUT2D eigenvalue weighted by Gasteiger charge is -2.31. The summed E-state index contributed by atoms with van der Waals surface area (Å²) >= 11 is 3.05. The summed E-state index contributed by atoms with van der Waals surface area (Å²) in [6.45, 7) is 7.20. The van der Waals surface area contributed by atoms with Crippen molar-refractivity contribution < 1.29 is 14.3 Å². The summed E-state index contributed by atoms with van der Waals surface area (Å²) in [5.74, 6) is 1.01. The maximum Gasteiger partial charge on any atom is 0.234 e. The number of anilines is 2. The van der Waals surface area contributed by atoms with Gasteiger partial charge in [0.05, 0.1) is 17.8 Å². The number of halogens is 1. The van der Waals surface area contributed by atoms with Crippen LogP contribution in [-0.2, 0) is 11.2 Å². The summed E-state index contributed by atoms with van der Waals surface area (Å²) in [5.41, 5.74) is 1.57. The van der Waals surface area contributed by atoms with Gasteiger partial charge in [0.2, 0.25) is 5.91 Å². The van der Waals surface area contributed by atoms with Gasteiger partial charge in [-0.05, 0) is 82.3 Å². The first kappa shape index (κ1) is 28.7. The average Bonchev–Trinajstić information content (AvgIpc) is 3.29. The van der Waals surface area contributed by atoms with E-state index in [-0.39, 0.29) is 11.7 Å². The largest absolute Gasteiger partial charge is 0.388 e. The molecule has 12 heteroatoms. The van der Waals surface area contributed by atoms with Crippen molar-refractivity contribution in [2.45, 2.75) is 57.5 Å². The zero-order valence-electron chi connectivity index (χ0n) is 23.8. The number of imidazole rings is 1. The minimum Gasteiger partial charge on any atom is -0.388 e. The average molecular weight is 608 g/mol. The molecule has 6 rings (SSSR count). The molecule has 1 saturated heterocycles. The topological polar surface area (TPSA) is 110 Å². The number of hydrogen-bond donors (Lipinski definition) is 2. The Hall–Kier alpha value is -3.37. The van der Waals surface area contributed by atoms with E-state index in [1.165, 1.54) is 28.3 Å². The van der Waals surface area contributed by atoms with E-state index >= 15 is 0 Å². The summed E-state index contributed by atoms with van der Waals surface area (Å²) in [7, 11) is 0. The molecule has 4 aromatic rings. The van der Waals surface area contributed by atoms with Crippen molar-refractivity contribution in [2.75, 3.05) is 37.6 Å². The molecular formula is C30H34FN7O2S2. The Labute approximate surface area is 252 Å². The lowest BCUT2D eigenvalue weighted by atomic mass is 9.96. The summed E-state index contributed by atoms with van der Waals surface area (Å²) < 4.78 is 15.7. The number of nitrogens with zero attached hydrogens (tertiary/aromatic N) is 6. The second kappa shape index (κ2) is 11.7. The number of aliphatic hydroxyl groups is 1. The standard InChI is InChI=1S/C30H34FN7O2S2/c1-3-22-27(37(4-2)29-35-26(23(15-32)41-29)20-5-7-21(31)8-6-20)38-16-24(42-28(38)34-22)19-9-13-36(14-10-19)17-25(39)33-18-30(40)11-12-30/h5-8,16,19,40H,3-4,9-14,17-18H2,1-2H3,(H,33,39). The fourth-order valence-corrected chi connectivity index (χ4v) is 7.62. The van der Waals surface area contributed by atoms with Gasteiger partial charge in [-0.25, -0.2) is 14.4 Å². The van der Waals surface area contributed by atoms with Crippen LogP contribution in [0.2, 0.25) is 0 Å². The van der Waals surface area contributed by atoms with Crippen LogP contribution in [0, 0.1) is 17.1 Å². The molecule has 0 bridgehead atoms. The lowest BCUT2D eigenvalue weighted by Crippen LogP contribution is -2.43. The van der Waals surface area contributed by atoms with Gasteiger partial charge in [0.1, 0.15) is 28.3 Å². The van der Waals surface area contributed by atoms with E-state index in [0.29, 0.717) is 46.8 Å². The van der Waals surface area contributed by atoms with E-state index < -0.39 is 5.60 Å². The van der Waals surface area contributed by atoms with Crippen molar-refractivity contribution in [1.29, 1.82) is 5.26 Å². The maximum absolute atomic E-state index is 13.5. The molecule has 1 aliphatic carbocycles. The Morgan fingerprint density at radius 1 is 1.21 bits per heavy atom. The Balaban J connectivity index is 1.20. The number of benzene rings is 1. The third-order valence-corrected chi connectivity index (χ3v) is 10.3. The highest BCUT2D eigenvalue weighted by Crippen LogP contribution is 2.40. The van der Waals surface area contributed by atoms with Crippen LogP contribution in [0.5, 0.6) is 0 Å². The molecule has 0 unspecified atom stereocenters. The predicted molar refractivity (Wildman–Crippen MR) is 163 cm³/mol. The summed E-state index contributed by atoms with van der Waals surface area (Å²) in [6, 6.07) is 8.35. The number of piperidine rings is 1. The SMILES string of the molecule is CCc1nc2sc(C3CCN(CC(=O)NCC4(O)CC4)CC3)cn2c1N(CC)c1nc(-c2ccc(F)cc2)c(C#N)s1. The number of nitrogens with one attached hydrogen (secondary N) is 1. The van der Waals surface area contributed by atoms with Gasteiger partial charge >= 0.3 is 0 Å². The van der Waals surface area contributed by atoms with Gasteiger partial charge in [0.25, 0.3) is 0 Å². The number of likely N-dealkylation sites (tertiary alicyclic amines) is 1. The van der Waals surface area contributed by atoms with Gasteiger partial charge in [0, 0.05) is 29.7 Å². The quantitative estimate of drug-likeness (QED) is 0.259. The first-order valence-corrected chi connectivity index (χ1v) is 16.1. The molecule has 1 amide bonds. The molecule has 42 heavy (non-hydrogen) atoms. The molecule has 0 atom stereocenters. The highest BCUT2D eigenvalue weighted by Gasteiger charge is 2.40. The van der Waals surface area contributed by atoms with Crippen molar-refractivity contribution in [3.8, 4) is 17.3 Å². The molecule has 9 nitrogen and oxygen atoms in total. The smallest absolute Gasteiger partial charge is 0.234 e. The number of thiazole rings is 2. The van der Waals surface area contributed by atoms with Gasteiger partial charge < -0.3 is 15.3 Å². The number of aromatic nitrogens is 3. The molecule has 0 spiro atoms. The number of carbonyl (C=O) groups excluding carboxylic acids is 1. The zero-order valence-corrected chi connectivity index (χ0v) is 25.4. The minimum atomic E-state index is -0.675. The molecule has 220 valence electrons. The Morgan fingerprint density at radius 3 is 2.60 bits per heavy atom. The fraction of sp³-hybridized carbons (Fsp3) is 0.467. The predicted octanol–water partition coefficient (Wildman–Crippen LogP) is 5.07. The Kier molecular flexibility index (Phi) is 8.02. The number of rotatable bonds is 10. The van der Waals surface area contributed by atoms with Gasteiger partial charge in [-0.1, -0.05) is 18.3 Å². The highest BCUT2D eigenvalue weighted by atomic mass is 32.1. The van der Waals surface area contributed by atoms with Crippen molar-refractivity contribution in [3.63, 3.8) is 0 Å². The summed E-state index contributed by atoms with van der Waals surface area (Å²) in [5, 5.41) is 23.4. The second-order valence-corrected chi connectivity index (χ2v) is 13.1. The van der Waals surface area contributed by atoms with Gasteiger partial charge in [-0.3, -0.25) is 14.1 Å². The first-order chi connectivity index (χ1) is 20.3. The van der Waals surface area contributed by atoms with Crippen molar-refractivity contribution in [2.24, 2.45) is 0 Å². The molecule has 4 heterocycles. The molecule has 1 saturated carbocycles. The Bertz CT molecular complexity index is 1630. The zero-order chi connectivity index (χ0) is 29.4. The molecule has 1 aromatic carbocycles. The summed E-state index contributed by atoms with van der Waals surface area (Å²) in [6.07, 6.45) is 6.42. The lowest BCUT2D eigenvalue weighted by molar-refractivity contribution is -0.123. The van der Waals surface area contributed by atoms with Crippen LogP contribution in [0.4, 0.5) is 15.3 Å². The maximum atomic E-state index is 13.5. The monoisotopic (exact) mass is 607 g/mol. The van der Waals surface area contributed by atoms with E-state index in [2.05, 4.69) is 45.6 Å². The third-order valence-electron chi connectivity index (χ3n) is 8.16. The normalized spacial score (nSPS) is 16.9. The molecule has 0 radical (unpaired) electrons. The number of carbonyl (C=O) groups is 1. The first-order valence-electron chi connectivity index (χ1n) is 14.5. The molecule has 2 aliphatic rings. The van der Waals surface area contributed by atoms with E-state index in [1.807, 2.05) is 0 Å². The van der Waals surface area contributed by atoms with Crippen molar-refractivity contribution in [1.82, 2.24) is 24.6 Å². The van der Waals surface area contributed by atoms with E-state index in [0.717, 1.165) is 61.7 Å². The van der Waals surface area contributed by atoms with Crippen molar-refractivity contribution in [3.05, 3.63) is 51.7 Å². The van der Waals surface area contributed by atoms with Crippen LogP contribution in [0.25, 0.3) is 16.2 Å². The van der Waals surface area contributed by atoms with E-state index in [9.17, 15) is 19.6 Å². The van der Waals surface area contributed by atoms with Crippen LogP contribution in [0.1, 0.15) is 60.9 Å². The number of hydrogen-bond acceptors (Lipinski definition) is 9. The highest BCUT2D eigenvalue weighted by molar-refractivity contribution is 7.17. The molecule has 3 aromatic heterocycles. The van der Waals surface area contributed by atoms with E-state index in [1.54, 1.807) is 23.5 Å². The number of aryl methyl sites for hydroxylation is 1. The number of fused-ring (bicyclic) bond motifs is 1. The van der Waals surface area contributed by atoms with Crippen LogP contribution >= 0.6 is 22.7 Å². The van der Waals surface area contributed by atoms with Crippen molar-refractivity contribution >= 4 is 44.5 Å². The molecule has 1 aliphatic heterocycles. The molecule has 2 fully saturated rings. The fourth-order valence-electron chi connectivity index (χ4n) is 5.51. The number of nitriles is 1. The Morgan fingerprint density at radius 2 is 1.95 bits per heavy atom. The second-order valence-electron chi connectivity index (χ2n) is 11.1. The third kappa shape index (κ3) is 5.79. The number of amides is 1. The molecule has 2 N–H and O–H groups in total. The van der Waals surface area contributed by atoms with Gasteiger partial charge in [-0.2, -0.15) is 5.26 Å². The minimum absolute atomic E-state index is 0.0240. The van der Waals surface area contributed by atoms with E-state index in [4.69, 9.17) is 9.97 Å². The van der Waals surface area contributed by atoms with Crippen LogP contribution in [0.3, 0.4) is 0 Å². The van der Waals surface area contributed by atoms with Crippen LogP contribution < -0.4 is 10.2 Å². The van der Waals surface area contributed by atoms with Crippen LogP contribution in [0.15, 0.2) is 30.5 Å². The molecular weight excluding hydrogens is 574 g/mol. The summed E-state index contributed by atoms with van der Waals surface area (Å²) in [4.78, 5) is 29.2. The van der Waals surface area contributed by atoms with Gasteiger partial charge in [-0.15, -0.1) is 11.3 Å². The van der Waals surface area contributed by atoms with Crippen LogP contribution in [-0.4, -0.2) is 68.6 Å².